The zero-order chi connectivity index (χ0) is 36.7. The fraction of sp³-hybridized carbons (Fsp3) is 0.255. The first-order chi connectivity index (χ1) is 25.2. The average molecular weight is 721 g/mol. The van der Waals surface area contributed by atoms with Crippen LogP contribution >= 0.6 is 23.1 Å². The molecule has 0 spiro atoms. The van der Waals surface area contributed by atoms with E-state index in [4.69, 9.17) is 0 Å². The van der Waals surface area contributed by atoms with Gasteiger partial charge in [0.2, 0.25) is 5.52 Å². The SMILES string of the molecule is CC(C)(C)[B-](c1ccccc1)(c1ccccc1)c1ccccc1.CCc1ccc2c(c1)S/C(=C\C=C\c1sc3cc(CC)ccc3[n+]1CC)N2CC. The summed E-state index contributed by atoms with van der Waals surface area (Å²) in [6.07, 6.45) is 7.86. The van der Waals surface area contributed by atoms with Gasteiger partial charge in [-0.2, -0.15) is 21.0 Å². The van der Waals surface area contributed by atoms with Gasteiger partial charge in [-0.25, -0.2) is 0 Å². The molecule has 0 saturated heterocycles. The third-order valence-corrected chi connectivity index (χ3v) is 12.9. The van der Waals surface area contributed by atoms with E-state index in [-0.39, 0.29) is 5.31 Å². The maximum atomic E-state index is 2.41. The normalized spacial score (nSPS) is 13.8. The predicted molar refractivity (Wildman–Crippen MR) is 233 cm³/mol. The Hall–Kier alpha value is -4.32. The Morgan fingerprint density at radius 2 is 1.21 bits per heavy atom. The van der Waals surface area contributed by atoms with Crippen LogP contribution in [-0.2, 0) is 19.4 Å². The van der Waals surface area contributed by atoms with Crippen LogP contribution in [0.2, 0.25) is 5.31 Å². The molecular weight excluding hydrogens is 667 g/mol. The molecule has 0 radical (unpaired) electrons. The van der Waals surface area contributed by atoms with Gasteiger partial charge < -0.3 is 4.90 Å². The van der Waals surface area contributed by atoms with Crippen LogP contribution < -0.4 is 25.9 Å². The summed E-state index contributed by atoms with van der Waals surface area (Å²) in [5, 5.41) is 2.71. The second-order valence-corrected chi connectivity index (χ2v) is 16.8. The van der Waals surface area contributed by atoms with Crippen LogP contribution in [-0.4, -0.2) is 12.7 Å². The van der Waals surface area contributed by atoms with Gasteiger partial charge in [0.1, 0.15) is 11.2 Å². The highest BCUT2D eigenvalue weighted by molar-refractivity contribution is 8.03. The van der Waals surface area contributed by atoms with E-state index in [1.54, 1.807) is 0 Å². The highest BCUT2D eigenvalue weighted by Gasteiger charge is 2.39. The van der Waals surface area contributed by atoms with E-state index in [1.807, 2.05) is 23.1 Å². The fourth-order valence-electron chi connectivity index (χ4n) is 8.15. The van der Waals surface area contributed by atoms with Crippen LogP contribution in [0.4, 0.5) is 5.69 Å². The minimum absolute atomic E-state index is 0.0874. The Bertz CT molecular complexity index is 2050. The van der Waals surface area contributed by atoms with Gasteiger partial charge in [0, 0.05) is 23.6 Å². The first kappa shape index (κ1) is 37.4. The quantitative estimate of drug-likeness (QED) is 0.108. The van der Waals surface area contributed by atoms with Gasteiger partial charge in [0.15, 0.2) is 0 Å². The molecule has 1 aromatic heterocycles. The third kappa shape index (κ3) is 7.45. The number of fused-ring (bicyclic) bond motifs is 2. The lowest BCUT2D eigenvalue weighted by atomic mass is 9.07. The van der Waals surface area contributed by atoms with Crippen molar-refractivity contribution >= 4 is 67.6 Å². The van der Waals surface area contributed by atoms with Crippen molar-refractivity contribution in [1.29, 1.82) is 0 Å². The van der Waals surface area contributed by atoms with Crippen molar-refractivity contribution in [1.82, 2.24) is 0 Å². The van der Waals surface area contributed by atoms with Gasteiger partial charge in [0.25, 0.3) is 5.01 Å². The van der Waals surface area contributed by atoms with Gasteiger partial charge in [0.05, 0.1) is 16.9 Å². The predicted octanol–water partition coefficient (Wildman–Crippen LogP) is 10.8. The molecule has 0 N–H and O–H groups in total. The summed E-state index contributed by atoms with van der Waals surface area (Å²) >= 11 is 3.77. The average Bonchev–Trinajstić information content (AvgIpc) is 3.71. The van der Waals surface area contributed by atoms with Gasteiger partial charge in [-0.3, -0.25) is 0 Å². The lowest BCUT2D eigenvalue weighted by Gasteiger charge is -2.54. The molecule has 0 amide bonds. The molecule has 6 aromatic rings. The molecule has 2 heterocycles. The van der Waals surface area contributed by atoms with Gasteiger partial charge >= 0.3 is 0 Å². The van der Waals surface area contributed by atoms with Crippen molar-refractivity contribution in [3.05, 3.63) is 161 Å². The number of benzene rings is 5. The molecule has 1 aliphatic heterocycles. The number of aryl methyl sites for hydroxylation is 3. The molecule has 2 nitrogen and oxygen atoms in total. The number of nitrogens with zero attached hydrogens (tertiary/aromatic N) is 2. The van der Waals surface area contributed by atoms with Gasteiger partial charge in [-0.15, -0.1) is 5.31 Å². The van der Waals surface area contributed by atoms with Crippen LogP contribution in [0.25, 0.3) is 16.3 Å². The van der Waals surface area contributed by atoms with Gasteiger partial charge in [-0.1, -0.05) is 167 Å². The van der Waals surface area contributed by atoms with Crippen LogP contribution in [0, 0.1) is 0 Å². The Morgan fingerprint density at radius 1 is 0.673 bits per heavy atom. The molecule has 0 fully saturated rings. The molecule has 266 valence electrons. The van der Waals surface area contributed by atoms with E-state index in [2.05, 4.69) is 204 Å². The minimum atomic E-state index is -1.06. The molecular formula is C47H53BN2S2. The number of thiazole rings is 1. The largest absolute Gasteiger partial charge is 0.335 e. The summed E-state index contributed by atoms with van der Waals surface area (Å²) in [4.78, 5) is 3.79. The molecule has 7 rings (SSSR count). The summed E-state index contributed by atoms with van der Waals surface area (Å²) in [7, 11) is 0. The number of allylic oxidation sites excluding steroid dienone is 2. The molecule has 0 atom stereocenters. The highest BCUT2D eigenvalue weighted by Crippen LogP contribution is 2.46. The minimum Gasteiger partial charge on any atom is -0.335 e. The third-order valence-electron chi connectivity index (χ3n) is 10.7. The van der Waals surface area contributed by atoms with Crippen molar-refractivity contribution < 1.29 is 4.57 Å². The van der Waals surface area contributed by atoms with E-state index in [9.17, 15) is 0 Å². The van der Waals surface area contributed by atoms with E-state index in [1.165, 1.54) is 58.4 Å². The van der Waals surface area contributed by atoms with Crippen LogP contribution in [0.1, 0.15) is 64.6 Å². The standard InChI is InChI=1S/C25H29N2S2.C22H24B/c1-5-18-12-14-20-22(16-18)28-24(26(20)7-3)10-9-11-25-27(8-4)21-15-13-19(6-2)17-23(21)29-25;1-22(2,3)23(19-13-7-4-8-14-19,20-15-9-5-10-16-20)21-17-11-6-12-18-21/h9-17H,5-8H2,1-4H3;4-18H,1-3H3/q+1;-1. The summed E-state index contributed by atoms with van der Waals surface area (Å²) < 4.78 is 3.79. The second-order valence-electron chi connectivity index (χ2n) is 14.7. The maximum Gasteiger partial charge on any atom is 0.262 e. The molecule has 5 aromatic carbocycles. The lowest BCUT2D eigenvalue weighted by Crippen LogP contribution is -2.72. The van der Waals surface area contributed by atoms with Crippen molar-refractivity contribution in [2.75, 3.05) is 11.4 Å². The van der Waals surface area contributed by atoms with E-state index in [0.717, 1.165) is 25.9 Å². The van der Waals surface area contributed by atoms with Crippen molar-refractivity contribution in [2.24, 2.45) is 0 Å². The van der Waals surface area contributed by atoms with E-state index < -0.39 is 6.15 Å². The first-order valence-corrected chi connectivity index (χ1v) is 20.6. The lowest BCUT2D eigenvalue weighted by molar-refractivity contribution is -0.665. The zero-order valence-electron chi connectivity index (χ0n) is 32.0. The number of hydrogen-bond acceptors (Lipinski definition) is 3. The summed E-state index contributed by atoms with van der Waals surface area (Å²) in [5.74, 6) is 0. The molecule has 0 unspecified atom stereocenters. The maximum absolute atomic E-state index is 2.41. The Labute approximate surface area is 320 Å². The van der Waals surface area contributed by atoms with Crippen molar-refractivity contribution in [3.63, 3.8) is 0 Å². The smallest absolute Gasteiger partial charge is 0.262 e. The number of rotatable bonds is 9. The molecule has 5 heteroatoms. The Morgan fingerprint density at radius 3 is 1.71 bits per heavy atom. The number of aromatic nitrogens is 1. The zero-order valence-corrected chi connectivity index (χ0v) is 33.6. The van der Waals surface area contributed by atoms with E-state index in [0.29, 0.717) is 0 Å². The number of hydrogen-bond donors (Lipinski definition) is 0. The number of anilines is 1. The monoisotopic (exact) mass is 720 g/mol. The fourth-order valence-corrected chi connectivity index (χ4v) is 10.6. The van der Waals surface area contributed by atoms with Crippen LogP contribution in [0.3, 0.4) is 0 Å². The first-order valence-electron chi connectivity index (χ1n) is 19.0. The summed E-state index contributed by atoms with van der Waals surface area (Å²) in [5.41, 5.74) is 9.70. The Kier molecular flexibility index (Phi) is 11.9. The summed E-state index contributed by atoms with van der Waals surface area (Å²) in [6, 6.07) is 46.7. The summed E-state index contributed by atoms with van der Waals surface area (Å²) in [6.45, 7) is 17.9. The van der Waals surface area contributed by atoms with Crippen LogP contribution in [0.15, 0.2) is 149 Å². The molecule has 52 heavy (non-hydrogen) atoms. The highest BCUT2D eigenvalue weighted by atomic mass is 32.2. The van der Waals surface area contributed by atoms with Gasteiger partial charge in [-0.05, 0) is 62.1 Å². The second kappa shape index (κ2) is 16.6. The molecule has 0 bridgehead atoms. The van der Waals surface area contributed by atoms with Crippen molar-refractivity contribution in [2.45, 2.75) is 78.1 Å². The Balaban J connectivity index is 0.000000183. The molecule has 1 aliphatic rings. The molecule has 0 saturated carbocycles. The van der Waals surface area contributed by atoms with E-state index >= 15 is 0 Å². The number of thioether (sulfide) groups is 1. The van der Waals surface area contributed by atoms with Crippen LogP contribution in [0.5, 0.6) is 0 Å². The van der Waals surface area contributed by atoms with Crippen molar-refractivity contribution in [3.8, 4) is 0 Å². The topological polar surface area (TPSA) is 7.12 Å². The molecule has 0 aliphatic carbocycles.